The topological polar surface area (TPSA) is 48.5 Å². The van der Waals surface area contributed by atoms with Crippen LogP contribution in [0, 0.1) is 12.8 Å². The molecule has 23 heavy (non-hydrogen) atoms. The number of rotatable bonds is 3. The summed E-state index contributed by atoms with van der Waals surface area (Å²) in [5.41, 5.74) is 2.20. The molecule has 0 spiro atoms. The zero-order valence-electron chi connectivity index (χ0n) is 14.3. The van der Waals surface area contributed by atoms with Gasteiger partial charge in [0.2, 0.25) is 0 Å². The van der Waals surface area contributed by atoms with Crippen LogP contribution < -0.4 is 5.32 Å². The van der Waals surface area contributed by atoms with Crippen LogP contribution in [0.15, 0.2) is 18.3 Å². The monoisotopic (exact) mass is 316 g/mol. The maximum Gasteiger partial charge on any atom is 0.317 e. The molecule has 1 aromatic rings. The molecule has 2 saturated heterocycles. The number of aromatic nitrogens is 1. The Morgan fingerprint density at radius 1 is 1.35 bits per heavy atom. The highest BCUT2D eigenvalue weighted by atomic mass is 16.2. The molecule has 0 aliphatic carbocycles. The molecule has 2 aliphatic rings. The number of fused-ring (bicyclic) bond motifs is 1. The Balaban J connectivity index is 1.50. The van der Waals surface area contributed by atoms with E-state index in [9.17, 15) is 4.79 Å². The normalized spacial score (nSPS) is 25.0. The van der Waals surface area contributed by atoms with E-state index in [2.05, 4.69) is 33.2 Å². The molecule has 2 aliphatic heterocycles. The SMILES string of the molecule is Cc1ccc(CCNC(=O)N2CCC[C@@H]3CN(C)CC[C@H]32)cn1. The summed E-state index contributed by atoms with van der Waals surface area (Å²) < 4.78 is 0. The van der Waals surface area contributed by atoms with Crippen molar-refractivity contribution in [1.82, 2.24) is 20.1 Å². The molecule has 2 atom stereocenters. The lowest BCUT2D eigenvalue weighted by atomic mass is 9.84. The summed E-state index contributed by atoms with van der Waals surface area (Å²) in [7, 11) is 2.19. The van der Waals surface area contributed by atoms with Crippen LogP contribution in [0.5, 0.6) is 0 Å². The van der Waals surface area contributed by atoms with Gasteiger partial charge in [-0.05, 0) is 63.7 Å². The Morgan fingerprint density at radius 2 is 2.22 bits per heavy atom. The number of aryl methyl sites for hydroxylation is 1. The number of carbonyl (C=O) groups excluding carboxylic acids is 1. The zero-order valence-corrected chi connectivity index (χ0v) is 14.3. The third kappa shape index (κ3) is 4.02. The molecule has 2 fully saturated rings. The number of nitrogens with one attached hydrogen (secondary N) is 1. The standard InChI is InChI=1S/C18H28N4O/c1-14-5-6-15(12-20-14)7-9-19-18(23)22-10-3-4-16-13-21(2)11-8-17(16)22/h5-6,12,16-17H,3-4,7-11,13H2,1-2H3,(H,19,23)/t16-,17-/m1/s1. The van der Waals surface area contributed by atoms with E-state index >= 15 is 0 Å². The van der Waals surface area contributed by atoms with E-state index in [4.69, 9.17) is 0 Å². The van der Waals surface area contributed by atoms with E-state index in [-0.39, 0.29) is 6.03 Å². The quantitative estimate of drug-likeness (QED) is 0.928. The number of carbonyl (C=O) groups is 1. The molecule has 2 amide bonds. The fraction of sp³-hybridized carbons (Fsp3) is 0.667. The largest absolute Gasteiger partial charge is 0.338 e. The van der Waals surface area contributed by atoms with Crippen LogP contribution in [0.25, 0.3) is 0 Å². The molecular weight excluding hydrogens is 288 g/mol. The van der Waals surface area contributed by atoms with Crippen LogP contribution >= 0.6 is 0 Å². The molecule has 3 rings (SSSR count). The predicted octanol–water partition coefficient (Wildman–Crippen LogP) is 2.06. The van der Waals surface area contributed by atoms with Crippen LogP contribution in [0.1, 0.15) is 30.5 Å². The van der Waals surface area contributed by atoms with Crippen LogP contribution in [0.2, 0.25) is 0 Å². The van der Waals surface area contributed by atoms with E-state index in [0.29, 0.717) is 18.5 Å². The van der Waals surface area contributed by atoms with Gasteiger partial charge in [-0.1, -0.05) is 6.07 Å². The fourth-order valence-corrected chi connectivity index (χ4v) is 3.90. The van der Waals surface area contributed by atoms with Gasteiger partial charge in [0, 0.05) is 37.6 Å². The van der Waals surface area contributed by atoms with E-state index in [1.54, 1.807) is 0 Å². The molecule has 0 aromatic carbocycles. The van der Waals surface area contributed by atoms with Crippen molar-refractivity contribution in [3.8, 4) is 0 Å². The summed E-state index contributed by atoms with van der Waals surface area (Å²) in [6, 6.07) is 4.65. The average Bonchev–Trinajstić information content (AvgIpc) is 2.55. The highest BCUT2D eigenvalue weighted by Gasteiger charge is 2.37. The Bertz CT molecular complexity index is 530. The number of nitrogens with zero attached hydrogens (tertiary/aromatic N) is 3. The van der Waals surface area contributed by atoms with Crippen molar-refractivity contribution >= 4 is 6.03 Å². The number of hydrogen-bond donors (Lipinski definition) is 1. The molecule has 126 valence electrons. The molecule has 5 heteroatoms. The van der Waals surface area contributed by atoms with Crippen LogP contribution in [0.3, 0.4) is 0 Å². The van der Waals surface area contributed by atoms with Crippen LogP contribution in [-0.2, 0) is 6.42 Å². The number of pyridine rings is 1. The third-order valence-corrected chi connectivity index (χ3v) is 5.19. The lowest BCUT2D eigenvalue weighted by Crippen LogP contribution is -2.57. The van der Waals surface area contributed by atoms with Crippen molar-refractivity contribution in [3.63, 3.8) is 0 Å². The molecule has 0 saturated carbocycles. The Labute approximate surface area is 139 Å². The number of amides is 2. The van der Waals surface area contributed by atoms with Crippen molar-refractivity contribution in [2.45, 2.75) is 38.6 Å². The second-order valence-electron chi connectivity index (χ2n) is 7.00. The number of piperidine rings is 2. The van der Waals surface area contributed by atoms with Gasteiger partial charge in [0.25, 0.3) is 0 Å². The molecule has 1 aromatic heterocycles. The molecular formula is C18H28N4O. The van der Waals surface area contributed by atoms with Gasteiger partial charge in [0.1, 0.15) is 0 Å². The molecule has 3 heterocycles. The van der Waals surface area contributed by atoms with Gasteiger partial charge < -0.3 is 15.1 Å². The average molecular weight is 316 g/mol. The van der Waals surface area contributed by atoms with Crippen LogP contribution in [-0.4, -0.2) is 60.1 Å². The van der Waals surface area contributed by atoms with Crippen molar-refractivity contribution < 1.29 is 4.79 Å². The van der Waals surface area contributed by atoms with E-state index < -0.39 is 0 Å². The minimum Gasteiger partial charge on any atom is -0.338 e. The highest BCUT2D eigenvalue weighted by molar-refractivity contribution is 5.74. The van der Waals surface area contributed by atoms with Crippen molar-refractivity contribution in [1.29, 1.82) is 0 Å². The lowest BCUT2D eigenvalue weighted by molar-refractivity contribution is 0.0534. The summed E-state index contributed by atoms with van der Waals surface area (Å²) in [5, 5.41) is 3.11. The predicted molar refractivity (Wildman–Crippen MR) is 91.4 cm³/mol. The highest BCUT2D eigenvalue weighted by Crippen LogP contribution is 2.29. The van der Waals surface area contributed by atoms with Gasteiger partial charge in [-0.15, -0.1) is 0 Å². The fourth-order valence-electron chi connectivity index (χ4n) is 3.90. The van der Waals surface area contributed by atoms with Crippen molar-refractivity contribution in [2.24, 2.45) is 5.92 Å². The van der Waals surface area contributed by atoms with Crippen molar-refractivity contribution in [3.05, 3.63) is 29.6 Å². The minimum absolute atomic E-state index is 0.115. The molecule has 5 nitrogen and oxygen atoms in total. The van der Waals surface area contributed by atoms with Crippen molar-refractivity contribution in [2.75, 3.05) is 33.2 Å². The van der Waals surface area contributed by atoms with E-state index in [0.717, 1.165) is 44.6 Å². The molecule has 0 bridgehead atoms. The summed E-state index contributed by atoms with van der Waals surface area (Å²) >= 11 is 0. The Hall–Kier alpha value is -1.62. The molecule has 0 unspecified atom stereocenters. The summed E-state index contributed by atoms with van der Waals surface area (Å²) in [6.07, 6.45) is 6.23. The van der Waals surface area contributed by atoms with Crippen LogP contribution in [0.4, 0.5) is 4.79 Å². The molecule has 0 radical (unpaired) electrons. The smallest absolute Gasteiger partial charge is 0.317 e. The van der Waals surface area contributed by atoms with Gasteiger partial charge >= 0.3 is 6.03 Å². The maximum atomic E-state index is 12.6. The van der Waals surface area contributed by atoms with E-state index in [1.165, 1.54) is 12.0 Å². The zero-order chi connectivity index (χ0) is 16.2. The van der Waals surface area contributed by atoms with Gasteiger partial charge in [-0.2, -0.15) is 0 Å². The maximum absolute atomic E-state index is 12.6. The van der Waals surface area contributed by atoms with Gasteiger partial charge in [-0.25, -0.2) is 4.79 Å². The van der Waals surface area contributed by atoms with Gasteiger partial charge in [0.05, 0.1) is 0 Å². The third-order valence-electron chi connectivity index (χ3n) is 5.19. The summed E-state index contributed by atoms with van der Waals surface area (Å²) in [4.78, 5) is 21.4. The second-order valence-corrected chi connectivity index (χ2v) is 7.00. The number of hydrogen-bond acceptors (Lipinski definition) is 3. The molecule has 1 N–H and O–H groups in total. The van der Waals surface area contributed by atoms with E-state index in [1.807, 2.05) is 19.2 Å². The first-order valence-corrected chi connectivity index (χ1v) is 8.78. The lowest BCUT2D eigenvalue weighted by Gasteiger charge is -2.46. The minimum atomic E-state index is 0.115. The number of likely N-dealkylation sites (tertiary alicyclic amines) is 2. The summed E-state index contributed by atoms with van der Waals surface area (Å²) in [6.45, 7) is 5.80. The second kappa shape index (κ2) is 7.30. The van der Waals surface area contributed by atoms with Gasteiger partial charge in [-0.3, -0.25) is 4.98 Å². The Morgan fingerprint density at radius 3 is 3.00 bits per heavy atom. The first kappa shape index (κ1) is 16.2. The summed E-state index contributed by atoms with van der Waals surface area (Å²) in [5.74, 6) is 0.648. The van der Waals surface area contributed by atoms with Gasteiger partial charge in [0.15, 0.2) is 0 Å². The Kier molecular flexibility index (Phi) is 5.16. The first-order chi connectivity index (χ1) is 11.1. The first-order valence-electron chi connectivity index (χ1n) is 8.78. The number of urea groups is 1.